The molecule has 2 aliphatic rings. The third kappa shape index (κ3) is 3.52. The number of rotatable bonds is 5. The van der Waals surface area contributed by atoms with Crippen LogP contribution in [0.5, 0.6) is 0 Å². The first-order chi connectivity index (χ1) is 12.8. The lowest BCUT2D eigenvalue weighted by molar-refractivity contribution is 0.0705. The first kappa shape index (κ1) is 17.6. The number of piperidine rings is 1. The molecule has 2 fully saturated rings. The van der Waals surface area contributed by atoms with Gasteiger partial charge in [0.25, 0.3) is 5.91 Å². The van der Waals surface area contributed by atoms with Crippen LogP contribution in [-0.2, 0) is 6.54 Å². The van der Waals surface area contributed by atoms with E-state index in [9.17, 15) is 4.79 Å². The van der Waals surface area contributed by atoms with E-state index in [4.69, 9.17) is 0 Å². The zero-order valence-corrected chi connectivity index (χ0v) is 16.1. The zero-order valence-electron chi connectivity index (χ0n) is 15.3. The molecule has 6 heteroatoms. The van der Waals surface area contributed by atoms with Crippen molar-refractivity contribution in [3.63, 3.8) is 0 Å². The highest BCUT2D eigenvalue weighted by Crippen LogP contribution is 2.32. The first-order valence-electron chi connectivity index (χ1n) is 9.55. The van der Waals surface area contributed by atoms with E-state index in [2.05, 4.69) is 20.7 Å². The number of thioether (sulfide) groups is 1. The molecule has 26 heavy (non-hydrogen) atoms. The van der Waals surface area contributed by atoms with Gasteiger partial charge in [0.05, 0.1) is 5.56 Å². The average molecular weight is 371 g/mol. The van der Waals surface area contributed by atoms with Gasteiger partial charge in [-0.05, 0) is 50.0 Å². The van der Waals surface area contributed by atoms with Crippen molar-refractivity contribution < 1.29 is 4.79 Å². The Morgan fingerprint density at radius 3 is 2.69 bits per heavy atom. The Kier molecular flexibility index (Phi) is 5.29. The summed E-state index contributed by atoms with van der Waals surface area (Å²) in [7, 11) is 0. The van der Waals surface area contributed by atoms with Crippen LogP contribution in [0.15, 0.2) is 35.7 Å². The number of likely N-dealkylation sites (tertiary alicyclic amines) is 1. The van der Waals surface area contributed by atoms with Crippen LogP contribution in [0.1, 0.15) is 54.2 Å². The van der Waals surface area contributed by atoms with E-state index in [0.717, 1.165) is 49.0 Å². The summed E-state index contributed by atoms with van der Waals surface area (Å²) < 4.78 is 2.36. The van der Waals surface area contributed by atoms with Gasteiger partial charge in [0.1, 0.15) is 10.9 Å². The molecule has 1 amide bonds. The maximum atomic E-state index is 12.9. The molecule has 5 nitrogen and oxygen atoms in total. The highest BCUT2D eigenvalue weighted by Gasteiger charge is 2.29. The topological polar surface area (TPSA) is 51.0 Å². The van der Waals surface area contributed by atoms with Gasteiger partial charge in [0.15, 0.2) is 0 Å². The van der Waals surface area contributed by atoms with Crippen molar-refractivity contribution in [3.8, 4) is 0 Å². The van der Waals surface area contributed by atoms with E-state index in [1.165, 1.54) is 36.8 Å². The molecule has 2 aromatic heterocycles. The van der Waals surface area contributed by atoms with E-state index in [1.54, 1.807) is 6.20 Å². The van der Waals surface area contributed by atoms with Crippen LogP contribution in [0.2, 0.25) is 0 Å². The monoisotopic (exact) mass is 370 g/mol. The predicted molar refractivity (Wildman–Crippen MR) is 103 cm³/mol. The lowest BCUT2D eigenvalue weighted by Gasteiger charge is -2.33. The minimum absolute atomic E-state index is 0.110. The summed E-state index contributed by atoms with van der Waals surface area (Å²) in [6.45, 7) is 2.70. The van der Waals surface area contributed by atoms with Crippen molar-refractivity contribution in [2.45, 2.75) is 49.6 Å². The highest BCUT2D eigenvalue weighted by molar-refractivity contribution is 7.98. The maximum absolute atomic E-state index is 12.9. The second-order valence-electron chi connectivity index (χ2n) is 7.36. The van der Waals surface area contributed by atoms with E-state index in [1.807, 2.05) is 29.5 Å². The van der Waals surface area contributed by atoms with Gasteiger partial charge in [-0.25, -0.2) is 9.97 Å². The van der Waals surface area contributed by atoms with Gasteiger partial charge in [-0.15, -0.1) is 11.8 Å². The van der Waals surface area contributed by atoms with Crippen LogP contribution in [0, 0.1) is 5.92 Å². The summed E-state index contributed by atoms with van der Waals surface area (Å²) in [5, 5.41) is 0.815. The van der Waals surface area contributed by atoms with Gasteiger partial charge in [-0.3, -0.25) is 4.79 Å². The number of nitrogens with zero attached hydrogens (tertiary/aromatic N) is 4. The Labute approximate surface area is 159 Å². The summed E-state index contributed by atoms with van der Waals surface area (Å²) in [5.74, 6) is 2.62. The first-order valence-corrected chi connectivity index (χ1v) is 10.8. The van der Waals surface area contributed by atoms with Crippen LogP contribution in [0.25, 0.3) is 0 Å². The Morgan fingerprint density at radius 1 is 1.19 bits per heavy atom. The van der Waals surface area contributed by atoms with Crippen molar-refractivity contribution >= 4 is 17.7 Å². The van der Waals surface area contributed by atoms with Gasteiger partial charge < -0.3 is 9.47 Å². The van der Waals surface area contributed by atoms with Crippen molar-refractivity contribution in [1.82, 2.24) is 19.4 Å². The molecule has 1 saturated heterocycles. The Morgan fingerprint density at radius 2 is 2.00 bits per heavy atom. The molecule has 4 rings (SSSR count). The van der Waals surface area contributed by atoms with E-state index in [-0.39, 0.29) is 5.91 Å². The molecule has 0 atom stereocenters. The van der Waals surface area contributed by atoms with Crippen molar-refractivity contribution in [3.05, 3.63) is 42.1 Å². The number of imidazole rings is 1. The molecule has 0 N–H and O–H groups in total. The fraction of sp³-hybridized carbons (Fsp3) is 0.550. The molecule has 1 aliphatic carbocycles. The number of hydrogen-bond donors (Lipinski definition) is 0. The van der Waals surface area contributed by atoms with Gasteiger partial charge >= 0.3 is 0 Å². The quantitative estimate of drug-likeness (QED) is 0.751. The summed E-state index contributed by atoms with van der Waals surface area (Å²) in [6.07, 6.45) is 13.8. The second-order valence-corrected chi connectivity index (χ2v) is 8.16. The third-order valence-electron chi connectivity index (χ3n) is 5.77. The van der Waals surface area contributed by atoms with Gasteiger partial charge in [0.2, 0.25) is 0 Å². The van der Waals surface area contributed by atoms with Crippen molar-refractivity contribution in [2.75, 3.05) is 19.3 Å². The number of pyridine rings is 1. The summed E-state index contributed by atoms with van der Waals surface area (Å²) >= 11 is 1.53. The SMILES string of the molecule is CSc1ncccc1C(=O)N1CCC(c2nccn2CC2CCC2)CC1. The fourth-order valence-corrected chi connectivity index (χ4v) is 4.56. The molecular formula is C20H26N4OS. The predicted octanol–water partition coefficient (Wildman–Crippen LogP) is 3.82. The summed E-state index contributed by atoms with van der Waals surface area (Å²) in [6, 6.07) is 3.73. The van der Waals surface area contributed by atoms with Crippen molar-refractivity contribution in [1.29, 1.82) is 0 Å². The van der Waals surface area contributed by atoms with Crippen LogP contribution < -0.4 is 0 Å². The van der Waals surface area contributed by atoms with Gasteiger partial charge in [0, 0.05) is 44.1 Å². The zero-order chi connectivity index (χ0) is 17.9. The van der Waals surface area contributed by atoms with E-state index >= 15 is 0 Å². The Balaban J connectivity index is 1.40. The molecule has 2 aromatic rings. The van der Waals surface area contributed by atoms with E-state index < -0.39 is 0 Å². The van der Waals surface area contributed by atoms with Crippen LogP contribution in [0.3, 0.4) is 0 Å². The lowest BCUT2D eigenvalue weighted by atomic mass is 9.85. The van der Waals surface area contributed by atoms with Gasteiger partial charge in [-0.1, -0.05) is 6.42 Å². The molecule has 0 radical (unpaired) electrons. The molecule has 0 spiro atoms. The Bertz CT molecular complexity index is 763. The van der Waals surface area contributed by atoms with Crippen LogP contribution in [0.4, 0.5) is 0 Å². The minimum Gasteiger partial charge on any atom is -0.339 e. The molecule has 0 bridgehead atoms. The van der Waals surface area contributed by atoms with Crippen LogP contribution >= 0.6 is 11.8 Å². The van der Waals surface area contributed by atoms with Crippen molar-refractivity contribution in [2.24, 2.45) is 5.92 Å². The molecule has 138 valence electrons. The number of carbonyl (C=O) groups is 1. The van der Waals surface area contributed by atoms with Gasteiger partial charge in [-0.2, -0.15) is 0 Å². The fourth-order valence-electron chi connectivity index (χ4n) is 4.02. The third-order valence-corrected chi connectivity index (χ3v) is 6.48. The normalized spacial score (nSPS) is 18.7. The lowest BCUT2D eigenvalue weighted by Crippen LogP contribution is -2.38. The number of carbonyl (C=O) groups excluding carboxylic acids is 1. The number of amides is 1. The molecule has 1 saturated carbocycles. The molecular weight excluding hydrogens is 344 g/mol. The average Bonchev–Trinajstić information content (AvgIpc) is 3.12. The second kappa shape index (κ2) is 7.82. The molecule has 0 aromatic carbocycles. The van der Waals surface area contributed by atoms with E-state index in [0.29, 0.717) is 5.92 Å². The maximum Gasteiger partial charge on any atom is 0.256 e. The number of aromatic nitrogens is 3. The summed E-state index contributed by atoms with van der Waals surface area (Å²) in [5.41, 5.74) is 0.727. The smallest absolute Gasteiger partial charge is 0.256 e. The molecule has 3 heterocycles. The summed E-state index contributed by atoms with van der Waals surface area (Å²) in [4.78, 5) is 23.8. The standard InChI is InChI=1S/C20H26N4OS/c1-26-19-17(6-3-9-22-19)20(25)23-11-7-16(8-12-23)18-21-10-13-24(18)14-15-4-2-5-15/h3,6,9-10,13,15-16H,2,4-5,7-8,11-12,14H2,1H3. The number of hydrogen-bond acceptors (Lipinski definition) is 4. The highest BCUT2D eigenvalue weighted by atomic mass is 32.2. The Hall–Kier alpha value is -1.82. The molecule has 0 unspecified atom stereocenters. The minimum atomic E-state index is 0.110. The van der Waals surface area contributed by atoms with Crippen LogP contribution in [-0.4, -0.2) is 44.7 Å². The largest absolute Gasteiger partial charge is 0.339 e. The molecule has 1 aliphatic heterocycles.